The summed E-state index contributed by atoms with van der Waals surface area (Å²) < 4.78 is 12.1. The molecule has 8 heteroatoms. The molecule has 0 amide bonds. The molecule has 0 spiro atoms. The van der Waals surface area contributed by atoms with Crippen LogP contribution in [0.25, 0.3) is 0 Å². The number of aromatic carboxylic acids is 2. The highest BCUT2D eigenvalue weighted by molar-refractivity contribution is 9.10. The molecule has 0 heterocycles. The van der Waals surface area contributed by atoms with E-state index < -0.39 is 11.9 Å². The molecule has 0 bridgehead atoms. The molecule has 2 N–H and O–H groups in total. The molecule has 0 radical (unpaired) electrons. The molecule has 0 unspecified atom stereocenters. The number of hydrogen-bond donors (Lipinski definition) is 2. The van der Waals surface area contributed by atoms with Gasteiger partial charge in [-0.1, -0.05) is 0 Å². The lowest BCUT2D eigenvalue weighted by molar-refractivity contribution is 0.0686. The van der Waals surface area contributed by atoms with Crippen LogP contribution in [0.1, 0.15) is 20.7 Å². The number of hydrogen-bond acceptors (Lipinski definition) is 4. The van der Waals surface area contributed by atoms with E-state index in [1.165, 1.54) is 24.3 Å². The molecule has 0 saturated carbocycles. The first-order chi connectivity index (χ1) is 11.4. The lowest BCUT2D eigenvalue weighted by atomic mass is 10.2. The lowest BCUT2D eigenvalue weighted by Gasteiger charge is -2.11. The van der Waals surface area contributed by atoms with Crippen LogP contribution in [0.3, 0.4) is 0 Å². The second-order valence-electron chi connectivity index (χ2n) is 4.60. The van der Waals surface area contributed by atoms with Gasteiger partial charge in [0, 0.05) is 0 Å². The minimum absolute atomic E-state index is 0.160. The van der Waals surface area contributed by atoms with Gasteiger partial charge >= 0.3 is 11.9 Å². The van der Waals surface area contributed by atoms with E-state index in [4.69, 9.17) is 19.7 Å². The maximum atomic E-state index is 10.9. The van der Waals surface area contributed by atoms with Crippen LogP contribution in [0.15, 0.2) is 45.3 Å². The number of halogens is 2. The Hall–Kier alpha value is -2.06. The fourth-order valence-electron chi connectivity index (χ4n) is 1.81. The number of carbonyl (C=O) groups is 2. The molecule has 0 fully saturated rings. The predicted molar refractivity (Wildman–Crippen MR) is 93.2 cm³/mol. The second-order valence-corrected chi connectivity index (χ2v) is 6.31. The second kappa shape index (κ2) is 8.16. The van der Waals surface area contributed by atoms with Crippen molar-refractivity contribution in [3.8, 4) is 11.5 Å². The molecule has 2 rings (SSSR count). The summed E-state index contributed by atoms with van der Waals surface area (Å²) in [5, 5.41) is 17.8. The number of benzene rings is 2. The zero-order valence-electron chi connectivity index (χ0n) is 12.2. The van der Waals surface area contributed by atoms with E-state index in [1.54, 1.807) is 12.1 Å². The maximum absolute atomic E-state index is 10.9. The summed E-state index contributed by atoms with van der Waals surface area (Å²) in [4.78, 5) is 21.7. The SMILES string of the molecule is O=C(O)c1ccc(OCCOc2ccc(C(=O)O)cc2Br)c(Br)c1. The Morgan fingerprint density at radius 3 is 1.46 bits per heavy atom. The Bertz CT molecular complexity index is 710. The zero-order chi connectivity index (χ0) is 17.7. The summed E-state index contributed by atoms with van der Waals surface area (Å²) in [7, 11) is 0. The molecule has 0 aromatic heterocycles. The first-order valence-electron chi connectivity index (χ1n) is 6.70. The van der Waals surface area contributed by atoms with Gasteiger partial charge in [-0.15, -0.1) is 0 Å². The van der Waals surface area contributed by atoms with Gasteiger partial charge in [-0.2, -0.15) is 0 Å². The van der Waals surface area contributed by atoms with E-state index in [-0.39, 0.29) is 24.3 Å². The maximum Gasteiger partial charge on any atom is 0.335 e. The largest absolute Gasteiger partial charge is 0.489 e. The monoisotopic (exact) mass is 458 g/mol. The molecular formula is C16H12Br2O6. The third-order valence-electron chi connectivity index (χ3n) is 2.96. The van der Waals surface area contributed by atoms with Crippen LogP contribution in [0.4, 0.5) is 0 Å². The first-order valence-corrected chi connectivity index (χ1v) is 8.28. The van der Waals surface area contributed by atoms with Crippen molar-refractivity contribution < 1.29 is 29.3 Å². The quantitative estimate of drug-likeness (QED) is 0.606. The molecule has 2 aromatic carbocycles. The van der Waals surface area contributed by atoms with E-state index in [9.17, 15) is 9.59 Å². The van der Waals surface area contributed by atoms with Crippen molar-refractivity contribution in [2.45, 2.75) is 0 Å². The van der Waals surface area contributed by atoms with E-state index in [2.05, 4.69) is 31.9 Å². The van der Waals surface area contributed by atoms with Crippen molar-refractivity contribution in [3.05, 3.63) is 56.5 Å². The summed E-state index contributed by atoms with van der Waals surface area (Å²) in [5.41, 5.74) is 0.320. The Morgan fingerprint density at radius 2 is 1.17 bits per heavy atom. The van der Waals surface area contributed by atoms with Crippen molar-refractivity contribution in [2.24, 2.45) is 0 Å². The first kappa shape index (κ1) is 18.3. The lowest BCUT2D eigenvalue weighted by Crippen LogP contribution is -2.10. The number of carboxylic acid groups (broad SMARTS) is 2. The number of ether oxygens (including phenoxy) is 2. The molecule has 0 aliphatic rings. The number of rotatable bonds is 7. The third kappa shape index (κ3) is 4.72. The van der Waals surface area contributed by atoms with Crippen molar-refractivity contribution in [2.75, 3.05) is 13.2 Å². The molecule has 0 saturated heterocycles. The highest BCUT2D eigenvalue weighted by Gasteiger charge is 2.09. The standard InChI is InChI=1S/C16H12Br2O6/c17-11-7-9(15(19)20)1-3-13(11)23-5-6-24-14-4-2-10(16(21)22)8-12(14)18/h1-4,7-8H,5-6H2,(H,19,20)(H,21,22). The van der Waals surface area contributed by atoms with Crippen LogP contribution in [0.2, 0.25) is 0 Å². The van der Waals surface area contributed by atoms with Gasteiger partial charge in [0.2, 0.25) is 0 Å². The van der Waals surface area contributed by atoms with Gasteiger partial charge in [0.25, 0.3) is 0 Å². The third-order valence-corrected chi connectivity index (χ3v) is 4.20. The van der Waals surface area contributed by atoms with Crippen LogP contribution < -0.4 is 9.47 Å². The van der Waals surface area contributed by atoms with E-state index in [0.29, 0.717) is 20.4 Å². The van der Waals surface area contributed by atoms with Crippen LogP contribution in [-0.2, 0) is 0 Å². The van der Waals surface area contributed by atoms with Gasteiger partial charge in [0.05, 0.1) is 20.1 Å². The summed E-state index contributed by atoms with van der Waals surface area (Å²) >= 11 is 6.51. The molecule has 24 heavy (non-hydrogen) atoms. The van der Waals surface area contributed by atoms with Gasteiger partial charge in [-0.25, -0.2) is 9.59 Å². The Kier molecular flexibility index (Phi) is 6.22. The minimum atomic E-state index is -1.01. The summed E-state index contributed by atoms with van der Waals surface area (Å²) in [6.07, 6.45) is 0. The van der Waals surface area contributed by atoms with Gasteiger partial charge < -0.3 is 19.7 Å². The summed E-state index contributed by atoms with van der Waals surface area (Å²) in [6, 6.07) is 8.94. The molecular weight excluding hydrogens is 448 g/mol. The van der Waals surface area contributed by atoms with Gasteiger partial charge in [0.1, 0.15) is 24.7 Å². The number of carboxylic acids is 2. The fourth-order valence-corrected chi connectivity index (χ4v) is 2.79. The average Bonchev–Trinajstić information content (AvgIpc) is 2.53. The van der Waals surface area contributed by atoms with Crippen LogP contribution >= 0.6 is 31.9 Å². The van der Waals surface area contributed by atoms with Gasteiger partial charge in [-0.3, -0.25) is 0 Å². The molecule has 2 aromatic rings. The summed E-state index contributed by atoms with van der Waals surface area (Å²) in [6.45, 7) is 0.469. The molecule has 0 aliphatic heterocycles. The molecule has 126 valence electrons. The normalized spacial score (nSPS) is 10.2. The Labute approximate surface area is 154 Å². The predicted octanol–water partition coefficient (Wildman–Crippen LogP) is 4.07. The van der Waals surface area contributed by atoms with Crippen molar-refractivity contribution in [3.63, 3.8) is 0 Å². The Morgan fingerprint density at radius 1 is 0.792 bits per heavy atom. The van der Waals surface area contributed by atoms with Crippen molar-refractivity contribution in [1.29, 1.82) is 0 Å². The van der Waals surface area contributed by atoms with Crippen molar-refractivity contribution in [1.82, 2.24) is 0 Å². The fraction of sp³-hybridized carbons (Fsp3) is 0.125. The molecule has 0 atom stereocenters. The zero-order valence-corrected chi connectivity index (χ0v) is 15.3. The topological polar surface area (TPSA) is 93.1 Å². The van der Waals surface area contributed by atoms with Crippen molar-refractivity contribution >= 4 is 43.8 Å². The van der Waals surface area contributed by atoms with Crippen LogP contribution in [0, 0.1) is 0 Å². The smallest absolute Gasteiger partial charge is 0.335 e. The Balaban J connectivity index is 1.89. The van der Waals surface area contributed by atoms with Crippen LogP contribution in [-0.4, -0.2) is 35.4 Å². The van der Waals surface area contributed by atoms with E-state index >= 15 is 0 Å². The molecule has 0 aliphatic carbocycles. The summed E-state index contributed by atoms with van der Waals surface area (Å²) in [5.74, 6) is -1.02. The highest BCUT2D eigenvalue weighted by Crippen LogP contribution is 2.27. The van der Waals surface area contributed by atoms with Gasteiger partial charge in [-0.05, 0) is 68.3 Å². The average molecular weight is 460 g/mol. The molecule has 6 nitrogen and oxygen atoms in total. The van der Waals surface area contributed by atoms with E-state index in [1.807, 2.05) is 0 Å². The van der Waals surface area contributed by atoms with E-state index in [0.717, 1.165) is 0 Å². The minimum Gasteiger partial charge on any atom is -0.489 e. The van der Waals surface area contributed by atoms with Gasteiger partial charge in [0.15, 0.2) is 0 Å². The van der Waals surface area contributed by atoms with Crippen LogP contribution in [0.5, 0.6) is 11.5 Å². The highest BCUT2D eigenvalue weighted by atomic mass is 79.9.